The smallest absolute Gasteiger partial charge is 0.634 e. The molecule has 0 amide bonds. The molecule has 0 aliphatic heterocycles. The van der Waals surface area contributed by atoms with Crippen LogP contribution < -0.4 is 0 Å². The van der Waals surface area contributed by atoms with E-state index in [9.17, 15) is 9.59 Å². The summed E-state index contributed by atoms with van der Waals surface area (Å²) in [6, 6.07) is 0. The number of ether oxygens (including phenoxy) is 2. The number of esters is 2. The predicted octanol–water partition coefficient (Wildman–Crippen LogP) is 4.39. The standard InChI is InChI=1S/2C10H17O2.Ca.H3O4P/c2*1-3-5-6-7-8-9-12-10(11)4-2;;1-5(2,3)4/h2*4,9H,2-3,5-8H2,1H3;;(H3,1,2,3,4)/q2*-1;+2;. The van der Waals surface area contributed by atoms with Gasteiger partial charge in [-0.2, -0.15) is 13.2 Å². The van der Waals surface area contributed by atoms with Crippen molar-refractivity contribution in [3.05, 3.63) is 38.5 Å². The van der Waals surface area contributed by atoms with Gasteiger partial charge in [-0.05, 0) is 0 Å². The molecule has 0 aliphatic carbocycles. The number of carbonyl (C=O) groups excluding carboxylic acids is 2. The molecule has 0 atom stereocenters. The SMILES string of the molecule is C=CC(=O)O[CH-]CCCCCC.C=CC(=O)O[CH-]CCCCCC.O=P(O)(O)O.[Ca+2]. The first-order valence-corrected chi connectivity index (χ1v) is 11.3. The van der Waals surface area contributed by atoms with Crippen LogP contribution in [0.2, 0.25) is 0 Å². The van der Waals surface area contributed by atoms with E-state index in [0.717, 1.165) is 25.7 Å². The van der Waals surface area contributed by atoms with Gasteiger partial charge in [-0.15, -0.1) is 12.8 Å². The first kappa shape index (κ1) is 37.1. The molecule has 172 valence electrons. The van der Waals surface area contributed by atoms with E-state index in [-0.39, 0.29) is 49.7 Å². The van der Waals surface area contributed by atoms with E-state index in [2.05, 4.69) is 36.5 Å². The van der Waals surface area contributed by atoms with Gasteiger partial charge in [0.2, 0.25) is 0 Å². The minimum absolute atomic E-state index is 0. The van der Waals surface area contributed by atoms with Crippen molar-refractivity contribution < 1.29 is 38.3 Å². The maximum absolute atomic E-state index is 10.5. The summed E-state index contributed by atoms with van der Waals surface area (Å²) >= 11 is 0. The molecule has 0 aromatic carbocycles. The van der Waals surface area contributed by atoms with E-state index in [0.29, 0.717) is 0 Å². The number of hydrogen-bond acceptors (Lipinski definition) is 5. The molecule has 0 aromatic rings. The Kier molecular flexibility index (Phi) is 35.6. The average molecular weight is 477 g/mol. The van der Waals surface area contributed by atoms with Crippen LogP contribution in [0.15, 0.2) is 25.3 Å². The zero-order valence-electron chi connectivity index (χ0n) is 18.3. The molecule has 0 radical (unpaired) electrons. The van der Waals surface area contributed by atoms with Crippen LogP contribution in [0.25, 0.3) is 0 Å². The van der Waals surface area contributed by atoms with Gasteiger partial charge in [0.25, 0.3) is 11.9 Å². The van der Waals surface area contributed by atoms with E-state index in [1.165, 1.54) is 50.7 Å². The summed E-state index contributed by atoms with van der Waals surface area (Å²) in [5, 5.41) is 0. The molecule has 0 saturated carbocycles. The second-order valence-electron chi connectivity index (χ2n) is 5.83. The average Bonchev–Trinajstić information content (AvgIpc) is 2.66. The van der Waals surface area contributed by atoms with Crippen molar-refractivity contribution in [2.45, 2.75) is 78.1 Å². The van der Waals surface area contributed by atoms with Crippen molar-refractivity contribution in [2.24, 2.45) is 0 Å². The third-order valence-electron chi connectivity index (χ3n) is 3.08. The van der Waals surface area contributed by atoms with Crippen LogP contribution in [0, 0.1) is 13.2 Å². The van der Waals surface area contributed by atoms with Crippen LogP contribution in [0.3, 0.4) is 0 Å². The van der Waals surface area contributed by atoms with Gasteiger partial charge in [-0.3, -0.25) is 0 Å². The van der Waals surface area contributed by atoms with Crippen molar-refractivity contribution in [3.63, 3.8) is 0 Å². The summed E-state index contributed by atoms with van der Waals surface area (Å²) in [5.74, 6) is -0.740. The molecule has 0 aliphatic rings. The van der Waals surface area contributed by atoms with Crippen LogP contribution in [0.4, 0.5) is 0 Å². The Morgan fingerprint density at radius 1 is 0.800 bits per heavy atom. The molecule has 0 spiro atoms. The number of hydrogen-bond donors (Lipinski definition) is 3. The Labute approximate surface area is 211 Å². The van der Waals surface area contributed by atoms with Crippen LogP contribution in [0.1, 0.15) is 78.1 Å². The number of unbranched alkanes of at least 4 members (excludes halogenated alkanes) is 8. The van der Waals surface area contributed by atoms with E-state index < -0.39 is 7.82 Å². The fraction of sp³-hybridized carbons (Fsp3) is 0.600. The van der Waals surface area contributed by atoms with E-state index in [4.69, 9.17) is 19.2 Å². The molecule has 0 fully saturated rings. The molecule has 0 rings (SSSR count). The Morgan fingerprint density at radius 3 is 1.33 bits per heavy atom. The first-order valence-electron chi connectivity index (χ1n) is 9.70. The normalized spacial score (nSPS) is 9.50. The van der Waals surface area contributed by atoms with Gasteiger partial charge in [0, 0.05) is 12.2 Å². The third-order valence-corrected chi connectivity index (χ3v) is 3.08. The summed E-state index contributed by atoms with van der Waals surface area (Å²) in [5.41, 5.74) is 0. The van der Waals surface area contributed by atoms with E-state index in [1.54, 1.807) is 13.2 Å². The third kappa shape index (κ3) is 50.9. The van der Waals surface area contributed by atoms with Crippen molar-refractivity contribution >= 4 is 57.5 Å². The molecule has 0 heterocycles. The van der Waals surface area contributed by atoms with Gasteiger partial charge in [0.1, 0.15) is 0 Å². The quantitative estimate of drug-likeness (QED) is 0.0840. The van der Waals surface area contributed by atoms with E-state index >= 15 is 0 Å². The summed E-state index contributed by atoms with van der Waals surface area (Å²) in [6.45, 7) is 14.0. The number of phosphoric acid groups is 1. The molecule has 3 N–H and O–H groups in total. The van der Waals surface area contributed by atoms with Crippen LogP contribution in [0.5, 0.6) is 0 Å². The molecule has 30 heavy (non-hydrogen) atoms. The summed E-state index contributed by atoms with van der Waals surface area (Å²) < 4.78 is 18.3. The molecular weight excluding hydrogens is 439 g/mol. The summed E-state index contributed by atoms with van der Waals surface area (Å²) in [4.78, 5) is 42.6. The van der Waals surface area contributed by atoms with Gasteiger partial charge >= 0.3 is 45.6 Å². The number of rotatable bonds is 14. The van der Waals surface area contributed by atoms with Crippen LogP contribution in [-0.4, -0.2) is 64.4 Å². The first-order chi connectivity index (χ1) is 13.6. The predicted molar refractivity (Wildman–Crippen MR) is 119 cm³/mol. The summed E-state index contributed by atoms with van der Waals surface area (Å²) in [6.07, 6.45) is 13.6. The Morgan fingerprint density at radius 2 is 1.10 bits per heavy atom. The number of carbonyl (C=O) groups is 2. The minimum atomic E-state index is -4.64. The maximum Gasteiger partial charge on any atom is 2.00 e. The molecule has 0 saturated heterocycles. The van der Waals surface area contributed by atoms with Gasteiger partial charge in [0.05, 0.1) is 0 Å². The zero-order valence-corrected chi connectivity index (χ0v) is 21.4. The van der Waals surface area contributed by atoms with Crippen molar-refractivity contribution in [1.29, 1.82) is 0 Å². The molecule has 10 heteroatoms. The topological polar surface area (TPSA) is 130 Å². The second-order valence-corrected chi connectivity index (χ2v) is 6.85. The Balaban J connectivity index is -0.000000180. The zero-order chi connectivity index (χ0) is 23.0. The molecular formula is C20H37CaO8P. The van der Waals surface area contributed by atoms with Crippen LogP contribution in [-0.2, 0) is 23.6 Å². The fourth-order valence-electron chi connectivity index (χ4n) is 1.69. The van der Waals surface area contributed by atoms with Crippen molar-refractivity contribution in [2.75, 3.05) is 0 Å². The summed E-state index contributed by atoms with van der Waals surface area (Å²) in [7, 11) is -4.64. The van der Waals surface area contributed by atoms with Crippen molar-refractivity contribution in [3.8, 4) is 0 Å². The maximum atomic E-state index is 10.5. The largest absolute Gasteiger partial charge is 2.00 e. The van der Waals surface area contributed by atoms with Gasteiger partial charge in [-0.25, -0.2) is 14.2 Å². The van der Waals surface area contributed by atoms with E-state index in [1.807, 2.05) is 0 Å². The monoisotopic (exact) mass is 476 g/mol. The molecule has 0 unspecified atom stereocenters. The fourth-order valence-corrected chi connectivity index (χ4v) is 1.69. The molecule has 0 aromatic heterocycles. The Hall–Kier alpha value is -0.210. The molecule has 8 nitrogen and oxygen atoms in total. The Bertz CT molecular complexity index is 425. The minimum Gasteiger partial charge on any atom is -0.634 e. The van der Waals surface area contributed by atoms with Gasteiger partial charge in [-0.1, -0.05) is 78.4 Å². The second kappa shape index (κ2) is 28.8. The molecule has 0 bridgehead atoms. The van der Waals surface area contributed by atoms with Gasteiger partial charge < -0.3 is 24.2 Å². The van der Waals surface area contributed by atoms with Crippen LogP contribution >= 0.6 is 7.82 Å². The van der Waals surface area contributed by atoms with Gasteiger partial charge in [0.15, 0.2) is 0 Å². The van der Waals surface area contributed by atoms with Crippen molar-refractivity contribution in [1.82, 2.24) is 0 Å².